The predicted molar refractivity (Wildman–Crippen MR) is 133 cm³/mol. The summed E-state index contributed by atoms with van der Waals surface area (Å²) in [4.78, 5) is 6.96. The van der Waals surface area contributed by atoms with Crippen molar-refractivity contribution in [3.8, 4) is 20.9 Å². The lowest BCUT2D eigenvalue weighted by Crippen LogP contribution is -1.90. The summed E-state index contributed by atoms with van der Waals surface area (Å²) in [6, 6.07) is 14.1. The zero-order chi connectivity index (χ0) is 20.1. The molecule has 0 radical (unpaired) electrons. The van der Waals surface area contributed by atoms with E-state index in [1.54, 1.807) is 0 Å². The van der Waals surface area contributed by atoms with Crippen molar-refractivity contribution < 1.29 is 0 Å². The van der Waals surface area contributed by atoms with Crippen LogP contribution in [-0.4, -0.2) is 0 Å². The maximum atomic E-state index is 2.43. The zero-order valence-electron chi connectivity index (χ0n) is 17.3. The van der Waals surface area contributed by atoms with Crippen LogP contribution in [0.3, 0.4) is 0 Å². The van der Waals surface area contributed by atoms with E-state index in [-0.39, 0.29) is 0 Å². The second-order valence-electron chi connectivity index (χ2n) is 8.11. The third kappa shape index (κ3) is 3.68. The molecule has 29 heavy (non-hydrogen) atoms. The molecule has 0 aliphatic heterocycles. The topological polar surface area (TPSA) is 0 Å². The second-order valence-corrected chi connectivity index (χ2v) is 11.9. The number of rotatable bonds is 4. The molecule has 0 spiro atoms. The Balaban J connectivity index is 1.64. The maximum Gasteiger partial charge on any atom is 0.0381 e. The average Bonchev–Trinajstić information content (AvgIpc) is 3.42. The highest BCUT2D eigenvalue weighted by Gasteiger charge is 2.17. The van der Waals surface area contributed by atoms with Gasteiger partial charge in [0.15, 0.2) is 0 Å². The van der Waals surface area contributed by atoms with Crippen molar-refractivity contribution in [2.45, 2.75) is 40.5 Å². The molecule has 0 bridgehead atoms. The van der Waals surface area contributed by atoms with Crippen molar-refractivity contribution in [3.63, 3.8) is 0 Å². The first kappa shape index (κ1) is 19.0. The number of aryl methyl sites for hydroxylation is 3. The molecular weight excluding hydrogens is 408 g/mol. The molecule has 0 atom stereocenters. The van der Waals surface area contributed by atoms with Crippen LogP contribution in [0.1, 0.15) is 33.5 Å². The number of benzene rings is 1. The molecule has 0 nitrogen and oxygen atoms in total. The van der Waals surface area contributed by atoms with Crippen LogP contribution in [0.5, 0.6) is 0 Å². The Kier molecular flexibility index (Phi) is 4.85. The molecule has 0 unspecified atom stereocenters. The van der Waals surface area contributed by atoms with E-state index in [9.17, 15) is 0 Å². The maximum absolute atomic E-state index is 2.43. The lowest BCUT2D eigenvalue weighted by molar-refractivity contribution is 1.05. The molecule has 1 aromatic carbocycles. The van der Waals surface area contributed by atoms with Gasteiger partial charge in [0.05, 0.1) is 0 Å². The number of hydrogen-bond donors (Lipinski definition) is 0. The predicted octanol–water partition coefficient (Wildman–Crippen LogP) is 9.10. The highest BCUT2D eigenvalue weighted by atomic mass is 32.1. The van der Waals surface area contributed by atoms with E-state index < -0.39 is 0 Å². The molecule has 5 rings (SSSR count). The normalized spacial score (nSPS) is 13.9. The summed E-state index contributed by atoms with van der Waals surface area (Å²) < 4.78 is 1.40. The largest absolute Gasteiger partial charge is 0.141 e. The lowest BCUT2D eigenvalue weighted by atomic mass is 9.98. The van der Waals surface area contributed by atoms with Gasteiger partial charge >= 0.3 is 0 Å². The summed E-state index contributed by atoms with van der Waals surface area (Å²) in [7, 11) is 0. The van der Waals surface area contributed by atoms with E-state index in [4.69, 9.17) is 0 Å². The zero-order valence-corrected chi connectivity index (χ0v) is 19.7. The fourth-order valence-corrected chi connectivity index (χ4v) is 7.13. The molecule has 0 saturated carbocycles. The summed E-state index contributed by atoms with van der Waals surface area (Å²) in [6.45, 7) is 8.88. The van der Waals surface area contributed by atoms with Crippen LogP contribution in [0.2, 0.25) is 0 Å². The molecule has 4 aromatic rings. The van der Waals surface area contributed by atoms with Crippen molar-refractivity contribution in [2.75, 3.05) is 0 Å². The first-order valence-corrected chi connectivity index (χ1v) is 12.5. The number of allylic oxidation sites excluding steroid dienone is 4. The van der Waals surface area contributed by atoms with Crippen molar-refractivity contribution in [3.05, 3.63) is 79.9 Å². The van der Waals surface area contributed by atoms with Gasteiger partial charge in [0.2, 0.25) is 0 Å². The summed E-state index contributed by atoms with van der Waals surface area (Å²) in [5, 5.41) is 1.39. The third-order valence-corrected chi connectivity index (χ3v) is 8.66. The average molecular weight is 433 g/mol. The van der Waals surface area contributed by atoms with E-state index in [1.807, 2.05) is 34.0 Å². The van der Waals surface area contributed by atoms with E-state index in [0.29, 0.717) is 0 Å². The van der Waals surface area contributed by atoms with Crippen molar-refractivity contribution >= 4 is 44.1 Å². The Morgan fingerprint density at radius 3 is 2.34 bits per heavy atom. The molecule has 0 amide bonds. The minimum absolute atomic E-state index is 1.06. The van der Waals surface area contributed by atoms with Gasteiger partial charge < -0.3 is 0 Å². The van der Waals surface area contributed by atoms with Crippen LogP contribution in [-0.2, 0) is 6.42 Å². The monoisotopic (exact) mass is 432 g/mol. The molecule has 0 N–H and O–H groups in total. The van der Waals surface area contributed by atoms with Crippen LogP contribution in [0.25, 0.3) is 31.0 Å². The number of hydrogen-bond acceptors (Lipinski definition) is 3. The summed E-state index contributed by atoms with van der Waals surface area (Å²) in [6.07, 6.45) is 6.77. The van der Waals surface area contributed by atoms with Gasteiger partial charge in [0.1, 0.15) is 0 Å². The van der Waals surface area contributed by atoms with Crippen LogP contribution < -0.4 is 0 Å². The SMILES string of the molecule is CC1=CC=C(Cc2cc(C)sc2-c2cc(-c3ccc(C)s3)c3cc(C)sc3c2)C1. The second kappa shape index (κ2) is 7.39. The third-order valence-electron chi connectivity index (χ3n) is 5.49. The first-order valence-electron chi connectivity index (χ1n) is 10.0. The Bertz CT molecular complexity index is 1290. The Labute approximate surface area is 184 Å². The molecule has 0 saturated heterocycles. The van der Waals surface area contributed by atoms with Crippen molar-refractivity contribution in [1.29, 1.82) is 0 Å². The van der Waals surface area contributed by atoms with E-state index in [0.717, 1.165) is 12.8 Å². The van der Waals surface area contributed by atoms with Crippen LogP contribution in [0, 0.1) is 20.8 Å². The van der Waals surface area contributed by atoms with Crippen molar-refractivity contribution in [1.82, 2.24) is 0 Å². The van der Waals surface area contributed by atoms with Crippen LogP contribution in [0.15, 0.2) is 59.7 Å². The van der Waals surface area contributed by atoms with Gasteiger partial charge in [-0.3, -0.25) is 0 Å². The van der Waals surface area contributed by atoms with Gasteiger partial charge in [-0.05, 0) is 88.1 Å². The molecule has 1 aliphatic carbocycles. The van der Waals surface area contributed by atoms with Gasteiger partial charge in [-0.1, -0.05) is 23.3 Å². The highest BCUT2D eigenvalue weighted by Crippen LogP contribution is 2.43. The van der Waals surface area contributed by atoms with Gasteiger partial charge in [-0.2, -0.15) is 0 Å². The molecule has 146 valence electrons. The molecular formula is C26H24S3. The Morgan fingerprint density at radius 1 is 0.793 bits per heavy atom. The van der Waals surface area contributed by atoms with E-state index >= 15 is 0 Å². The fraction of sp³-hybridized carbons (Fsp3) is 0.231. The molecule has 0 fully saturated rings. The number of thiophene rings is 3. The lowest BCUT2D eigenvalue weighted by Gasteiger charge is -2.09. The van der Waals surface area contributed by atoms with Gasteiger partial charge in [0, 0.05) is 40.0 Å². The Morgan fingerprint density at radius 2 is 1.62 bits per heavy atom. The van der Waals surface area contributed by atoms with Crippen LogP contribution in [0.4, 0.5) is 0 Å². The fourth-order valence-electron chi connectivity index (χ4n) is 4.23. The van der Waals surface area contributed by atoms with Gasteiger partial charge in [0.25, 0.3) is 0 Å². The number of fused-ring (bicyclic) bond motifs is 1. The van der Waals surface area contributed by atoms with Gasteiger partial charge in [-0.15, -0.1) is 34.0 Å². The molecule has 3 heterocycles. The summed E-state index contributed by atoms with van der Waals surface area (Å²) >= 11 is 5.75. The summed E-state index contributed by atoms with van der Waals surface area (Å²) in [5.74, 6) is 0. The van der Waals surface area contributed by atoms with Crippen LogP contribution >= 0.6 is 34.0 Å². The highest BCUT2D eigenvalue weighted by molar-refractivity contribution is 7.19. The van der Waals surface area contributed by atoms with Gasteiger partial charge in [-0.25, -0.2) is 0 Å². The summed E-state index contributed by atoms with van der Waals surface area (Å²) in [5.41, 5.74) is 7.23. The standard InChI is InChI=1S/C26H24S3/c1-15-5-7-19(9-15)12-20-10-17(3)29-26(20)21-13-23(24-8-6-16(2)27-24)22-11-18(4)28-25(22)14-21/h5-8,10-11,13-14H,9,12H2,1-4H3. The molecule has 1 aliphatic rings. The van der Waals surface area contributed by atoms with Crippen molar-refractivity contribution in [2.24, 2.45) is 0 Å². The van der Waals surface area contributed by atoms with E-state index in [2.05, 4.69) is 76.2 Å². The molecule has 3 aromatic heterocycles. The quantitative estimate of drug-likeness (QED) is 0.301. The first-order chi connectivity index (χ1) is 14.0. The minimum atomic E-state index is 1.06. The molecule has 3 heteroatoms. The smallest absolute Gasteiger partial charge is 0.0381 e. The Hall–Kier alpha value is -1.94. The van der Waals surface area contributed by atoms with E-state index in [1.165, 1.54) is 62.3 Å². The minimum Gasteiger partial charge on any atom is -0.141 e.